The van der Waals surface area contributed by atoms with Crippen LogP contribution in [-0.4, -0.2) is 72.5 Å². The number of aromatic nitrogens is 2. The number of hydroxylamine groups is 2. The summed E-state index contributed by atoms with van der Waals surface area (Å²) in [5, 5.41) is 3.92. The van der Waals surface area contributed by atoms with E-state index in [9.17, 15) is 22.8 Å². The second-order valence-electron chi connectivity index (χ2n) is 9.28. The van der Waals surface area contributed by atoms with E-state index in [0.717, 1.165) is 5.56 Å². The Morgan fingerprint density at radius 2 is 1.69 bits per heavy atom. The van der Waals surface area contributed by atoms with Gasteiger partial charge in [0.25, 0.3) is 5.91 Å². The minimum absolute atomic E-state index is 0.00458. The van der Waals surface area contributed by atoms with E-state index in [1.807, 2.05) is 21.0 Å². The fourth-order valence-corrected chi connectivity index (χ4v) is 4.18. The molecular weight excluding hydrogens is 519 g/mol. The predicted octanol–water partition coefficient (Wildman–Crippen LogP) is 4.53. The predicted molar refractivity (Wildman–Crippen MR) is 138 cm³/mol. The van der Waals surface area contributed by atoms with Crippen LogP contribution in [0.15, 0.2) is 24.4 Å². The molecule has 0 atom stereocenters. The average Bonchev–Trinajstić information content (AvgIpc) is 2.89. The van der Waals surface area contributed by atoms with Gasteiger partial charge >= 0.3 is 12.1 Å². The number of nitrogens with zero attached hydrogens (tertiary/aromatic N) is 4. The van der Waals surface area contributed by atoms with Gasteiger partial charge in [0.2, 0.25) is 5.95 Å². The molecule has 10 nitrogen and oxygen atoms in total. The number of hydrogen-bond acceptors (Lipinski definition) is 9. The normalized spacial score (nSPS) is 17.2. The number of rotatable bonds is 9. The molecule has 0 unspecified atom stereocenters. The van der Waals surface area contributed by atoms with Gasteiger partial charge in [0.15, 0.2) is 11.5 Å². The molecule has 2 aromatic rings. The van der Waals surface area contributed by atoms with Gasteiger partial charge in [-0.05, 0) is 64.7 Å². The van der Waals surface area contributed by atoms with Gasteiger partial charge in [-0.2, -0.15) is 23.2 Å². The minimum Gasteiger partial charge on any atom is -0.490 e. The maximum Gasteiger partial charge on any atom is 0.493 e. The molecule has 39 heavy (non-hydrogen) atoms. The molecule has 13 heteroatoms. The van der Waals surface area contributed by atoms with E-state index in [0.29, 0.717) is 54.9 Å². The smallest absolute Gasteiger partial charge is 0.490 e. The van der Waals surface area contributed by atoms with Gasteiger partial charge in [0.05, 0.1) is 19.3 Å². The van der Waals surface area contributed by atoms with Crippen molar-refractivity contribution in [3.05, 3.63) is 35.5 Å². The van der Waals surface area contributed by atoms with Gasteiger partial charge in [-0.15, -0.1) is 0 Å². The lowest BCUT2D eigenvalue weighted by molar-refractivity contribution is -0.235. The van der Waals surface area contributed by atoms with Crippen LogP contribution in [0.2, 0.25) is 0 Å². The zero-order valence-corrected chi connectivity index (χ0v) is 22.7. The van der Waals surface area contributed by atoms with E-state index in [1.165, 1.54) is 18.2 Å². The van der Waals surface area contributed by atoms with Crippen LogP contribution in [0.1, 0.15) is 55.5 Å². The molecule has 3 rings (SSSR count). The number of benzene rings is 1. The fourth-order valence-electron chi connectivity index (χ4n) is 4.18. The number of aryl methyl sites for hydroxylation is 1. The van der Waals surface area contributed by atoms with Gasteiger partial charge in [-0.25, -0.2) is 9.78 Å². The van der Waals surface area contributed by atoms with Crippen LogP contribution in [0.5, 0.6) is 11.5 Å². The monoisotopic (exact) mass is 553 g/mol. The summed E-state index contributed by atoms with van der Waals surface area (Å²) in [6.45, 7) is 6.04. The Bertz CT molecular complexity index is 1150. The Labute approximate surface area is 225 Å². The lowest BCUT2D eigenvalue weighted by Gasteiger charge is -2.35. The highest BCUT2D eigenvalue weighted by Gasteiger charge is 2.45. The molecule has 1 heterocycles. The van der Waals surface area contributed by atoms with Crippen molar-refractivity contribution in [1.29, 1.82) is 0 Å². The van der Waals surface area contributed by atoms with Crippen LogP contribution in [-0.2, 0) is 9.63 Å². The maximum atomic E-state index is 13.4. The van der Waals surface area contributed by atoms with E-state index in [2.05, 4.69) is 20.1 Å². The summed E-state index contributed by atoms with van der Waals surface area (Å²) in [6.07, 6.45) is -1.94. The van der Waals surface area contributed by atoms with E-state index < -0.39 is 24.1 Å². The van der Waals surface area contributed by atoms with Gasteiger partial charge in [-0.1, -0.05) is 0 Å². The number of alkyl halides is 3. The first-order chi connectivity index (χ1) is 18.4. The van der Waals surface area contributed by atoms with Crippen molar-refractivity contribution >= 4 is 23.6 Å². The summed E-state index contributed by atoms with van der Waals surface area (Å²) in [5.74, 6) is -1.49. The van der Waals surface area contributed by atoms with Crippen molar-refractivity contribution in [2.45, 2.75) is 64.7 Å². The Kier molecular flexibility index (Phi) is 9.81. The van der Waals surface area contributed by atoms with Crippen LogP contribution in [0.4, 0.5) is 24.9 Å². The third-order valence-corrected chi connectivity index (χ3v) is 6.13. The Hall–Kier alpha value is -3.77. The van der Waals surface area contributed by atoms with E-state index in [1.54, 1.807) is 24.9 Å². The van der Waals surface area contributed by atoms with E-state index in [-0.39, 0.29) is 24.0 Å². The van der Waals surface area contributed by atoms with Gasteiger partial charge in [0, 0.05) is 37.5 Å². The molecule has 1 aliphatic carbocycles. The molecule has 1 aliphatic rings. The number of ether oxygens (including phenoxy) is 2. The lowest BCUT2D eigenvalue weighted by atomic mass is 9.90. The van der Waals surface area contributed by atoms with Crippen molar-refractivity contribution in [2.24, 2.45) is 0 Å². The SMILES string of the molecule is CCOc1ccc(C(=O)N(OC(=O)C(F)(F)F)C2CCC(Nc3nc(N(C)C)ncc3C)CC2)cc1OCC. The highest BCUT2D eigenvalue weighted by atomic mass is 19.4. The molecule has 1 saturated carbocycles. The number of carbonyl (C=O) groups excluding carboxylic acids is 2. The molecule has 1 N–H and O–H groups in total. The summed E-state index contributed by atoms with van der Waals surface area (Å²) in [7, 11) is 3.66. The maximum absolute atomic E-state index is 13.4. The standard InChI is InChI=1S/C26H34F3N5O5/c1-6-37-20-13-8-17(14-21(20)38-7-2)23(35)34(39-24(36)26(27,28)29)19-11-9-18(10-12-19)31-22-16(3)15-30-25(32-22)33(4)5/h8,13-15,18-19H,6-7,9-12H2,1-5H3,(H,30,31,32). The number of amides is 1. The topological polar surface area (TPSA) is 106 Å². The number of halogens is 3. The molecule has 0 spiro atoms. The van der Waals surface area contributed by atoms with Crippen LogP contribution in [0, 0.1) is 6.92 Å². The van der Waals surface area contributed by atoms with Crippen LogP contribution in [0.25, 0.3) is 0 Å². The zero-order chi connectivity index (χ0) is 28.7. The number of carbonyl (C=O) groups is 2. The second-order valence-corrected chi connectivity index (χ2v) is 9.28. The Morgan fingerprint density at radius 1 is 1.05 bits per heavy atom. The third-order valence-electron chi connectivity index (χ3n) is 6.13. The molecule has 0 saturated heterocycles. The van der Waals surface area contributed by atoms with Crippen LogP contribution < -0.4 is 19.7 Å². The third kappa shape index (κ3) is 7.64. The molecule has 0 aliphatic heterocycles. The molecule has 1 amide bonds. The van der Waals surface area contributed by atoms with E-state index in [4.69, 9.17) is 9.47 Å². The van der Waals surface area contributed by atoms with Gasteiger partial charge in [-0.3, -0.25) is 4.79 Å². The van der Waals surface area contributed by atoms with Crippen molar-refractivity contribution < 1.29 is 37.1 Å². The summed E-state index contributed by atoms with van der Waals surface area (Å²) in [5.41, 5.74) is 0.851. The van der Waals surface area contributed by atoms with Crippen molar-refractivity contribution in [1.82, 2.24) is 15.0 Å². The van der Waals surface area contributed by atoms with Gasteiger partial charge in [0.1, 0.15) is 5.82 Å². The fraction of sp³-hybridized carbons (Fsp3) is 0.538. The summed E-state index contributed by atoms with van der Waals surface area (Å²) in [6, 6.07) is 3.47. The largest absolute Gasteiger partial charge is 0.493 e. The minimum atomic E-state index is -5.26. The second kappa shape index (κ2) is 12.9. The molecule has 0 radical (unpaired) electrons. The van der Waals surface area contributed by atoms with Crippen LogP contribution in [0.3, 0.4) is 0 Å². The van der Waals surface area contributed by atoms with Crippen molar-refractivity contribution in [2.75, 3.05) is 37.5 Å². The summed E-state index contributed by atoms with van der Waals surface area (Å²) < 4.78 is 50.3. The summed E-state index contributed by atoms with van der Waals surface area (Å²) >= 11 is 0. The Balaban J connectivity index is 1.79. The Morgan fingerprint density at radius 3 is 2.28 bits per heavy atom. The first-order valence-corrected chi connectivity index (χ1v) is 12.7. The highest BCUT2D eigenvalue weighted by molar-refractivity contribution is 5.95. The number of hydrogen-bond donors (Lipinski definition) is 1. The van der Waals surface area contributed by atoms with Crippen molar-refractivity contribution in [3.63, 3.8) is 0 Å². The molecular formula is C26H34F3N5O5. The van der Waals surface area contributed by atoms with Crippen molar-refractivity contribution in [3.8, 4) is 11.5 Å². The number of nitrogens with one attached hydrogen (secondary N) is 1. The quantitative estimate of drug-likeness (QED) is 0.448. The first kappa shape index (κ1) is 29.8. The molecule has 1 aromatic carbocycles. The zero-order valence-electron chi connectivity index (χ0n) is 22.7. The lowest BCUT2D eigenvalue weighted by Crippen LogP contribution is -2.47. The van der Waals surface area contributed by atoms with E-state index >= 15 is 0 Å². The molecule has 1 fully saturated rings. The average molecular weight is 554 g/mol. The molecule has 1 aromatic heterocycles. The summed E-state index contributed by atoms with van der Waals surface area (Å²) in [4.78, 5) is 40.4. The molecule has 214 valence electrons. The molecule has 0 bridgehead atoms. The number of anilines is 2. The highest BCUT2D eigenvalue weighted by Crippen LogP contribution is 2.32. The van der Waals surface area contributed by atoms with Gasteiger partial charge < -0.3 is 24.5 Å². The first-order valence-electron chi connectivity index (χ1n) is 12.7. The van der Waals surface area contributed by atoms with Crippen LogP contribution >= 0.6 is 0 Å².